The molecule has 0 saturated heterocycles. The summed E-state index contributed by atoms with van der Waals surface area (Å²) in [5, 5.41) is 0. The van der Waals surface area contributed by atoms with E-state index >= 15 is 0 Å². The van der Waals surface area contributed by atoms with E-state index in [0.29, 0.717) is 0 Å². The molecule has 2 aromatic carbocycles. The van der Waals surface area contributed by atoms with Gasteiger partial charge in [0.05, 0.1) is 7.11 Å². The molecule has 2 radical (unpaired) electrons. The molecule has 22 heavy (non-hydrogen) atoms. The number of hydrogen-bond donors (Lipinski definition) is 0. The van der Waals surface area contributed by atoms with Crippen LogP contribution < -0.4 is 54.2 Å². The maximum atomic E-state index is 5.13. The molecule has 1 nitrogen and oxygen atoms in total. The van der Waals surface area contributed by atoms with Crippen LogP contribution in [-0.2, 0) is 0 Å². The number of benzene rings is 2. The third kappa shape index (κ3) is 11.7. The predicted molar refractivity (Wildman–Crippen MR) is 62.6 cm³/mol. The molecule has 2 aromatic rings. The van der Waals surface area contributed by atoms with Crippen molar-refractivity contribution in [2.24, 2.45) is 0 Å². The predicted octanol–water partition coefficient (Wildman–Crippen LogP) is -18.5. The molecule has 0 saturated carbocycles. The molecule has 0 N–H and O–H groups in total. The van der Waals surface area contributed by atoms with Gasteiger partial charge in [0.2, 0.25) is 0 Å². The van der Waals surface area contributed by atoms with Gasteiger partial charge in [0.1, 0.15) is 5.75 Å². The molecule has 9 heteroatoms. The molecule has 0 fully saturated rings. The van der Waals surface area contributed by atoms with Gasteiger partial charge in [0.15, 0.2) is 7.14 Å². The Morgan fingerprint density at radius 2 is 1.05 bits per heavy atom. The molecule has 0 unspecified atom stereocenters. The van der Waals surface area contributed by atoms with Crippen molar-refractivity contribution in [2.75, 3.05) is 7.11 Å². The molecule has 0 amide bonds. The van der Waals surface area contributed by atoms with Crippen molar-refractivity contribution in [3.63, 3.8) is 0 Å². The molecule has 0 atom stereocenters. The Balaban J connectivity index is -0.0000000914. The summed E-state index contributed by atoms with van der Waals surface area (Å²) in [6, 6.07) is 19.0. The summed E-state index contributed by atoms with van der Waals surface area (Å²) in [5.74, 6) is 0.927. The van der Waals surface area contributed by atoms with E-state index in [1.54, 1.807) is 7.11 Å². The summed E-state index contributed by atoms with van der Waals surface area (Å²) in [6.07, 6.45) is 0. The summed E-state index contributed by atoms with van der Waals surface area (Å²) in [4.78, 5) is 0. The fourth-order valence-electron chi connectivity index (χ4n) is 1.24. The van der Waals surface area contributed by atoms with Crippen LogP contribution in [0.3, 0.4) is 0 Å². The minimum Gasteiger partial charge on any atom is -1.00 e. The maximum Gasteiger partial charge on any atom is 3.00 e. The summed E-state index contributed by atoms with van der Waals surface area (Å²) in [5.41, 5.74) is 0. The Hall–Kier alpha value is -0.892. The fourth-order valence-corrected chi connectivity index (χ4v) is 3.45. The van der Waals surface area contributed by atoms with Gasteiger partial charge in [-0.25, -0.2) is 0 Å². The molecular formula is C13H12AsF6IO-2. The number of ether oxygens (including phenoxy) is 1. The van der Waals surface area contributed by atoms with Gasteiger partial charge in [-0.3, -0.25) is 0 Å². The Morgan fingerprint density at radius 1 is 0.636 bits per heavy atom. The molecule has 0 aliphatic rings. The monoisotopic (exact) mass is 500 g/mol. The average Bonchev–Trinajstić information content (AvgIpc) is 2.31. The van der Waals surface area contributed by atoms with Crippen molar-refractivity contribution in [1.29, 1.82) is 0 Å². The molecule has 0 bridgehead atoms. The van der Waals surface area contributed by atoms with E-state index in [0.717, 1.165) is 5.75 Å². The molecular weight excluding hydrogens is 488 g/mol. The van der Waals surface area contributed by atoms with Gasteiger partial charge in [-0.05, 0) is 36.4 Å². The van der Waals surface area contributed by atoms with Gasteiger partial charge in [0.25, 0.3) is 0 Å². The van der Waals surface area contributed by atoms with E-state index in [2.05, 4.69) is 42.5 Å². The molecule has 0 aromatic heterocycles. The Labute approximate surface area is 146 Å². The standard InChI is InChI=1S/C13H12IO.As.6FH/c1-15-13-9-7-12(8-10-13)14-11-5-3-2-4-6-11;;;;;;;/h2-10H,1H3;;6*1H/q+1;+3;;;;;;/p-6. The fraction of sp³-hybridized carbons (Fsp3) is 0.0769. The van der Waals surface area contributed by atoms with Crippen molar-refractivity contribution >= 4 is 18.0 Å². The second-order valence-electron chi connectivity index (χ2n) is 3.05. The Morgan fingerprint density at radius 3 is 1.45 bits per heavy atom. The first kappa shape index (κ1) is 37.4. The van der Waals surface area contributed by atoms with Crippen LogP contribution in [0.15, 0.2) is 54.6 Å². The van der Waals surface area contributed by atoms with E-state index in [9.17, 15) is 0 Å². The van der Waals surface area contributed by atoms with Crippen LogP contribution in [-0.4, -0.2) is 25.1 Å². The average molecular weight is 500 g/mol. The van der Waals surface area contributed by atoms with Gasteiger partial charge in [-0.2, -0.15) is 0 Å². The Bertz CT molecular complexity index is 432. The van der Waals surface area contributed by atoms with Gasteiger partial charge in [0, 0.05) is 0 Å². The van der Waals surface area contributed by atoms with Crippen LogP contribution in [0.25, 0.3) is 0 Å². The van der Waals surface area contributed by atoms with Crippen LogP contribution in [0, 0.1) is 7.14 Å². The number of methoxy groups -OCH3 is 1. The van der Waals surface area contributed by atoms with Crippen LogP contribution in [0.2, 0.25) is 0 Å². The van der Waals surface area contributed by atoms with Gasteiger partial charge >= 0.3 is 39.2 Å². The van der Waals surface area contributed by atoms with Crippen molar-refractivity contribution in [3.8, 4) is 5.75 Å². The second-order valence-corrected chi connectivity index (χ2v) is 6.08. The first-order chi connectivity index (χ1) is 7.38. The Kier molecular flexibility index (Phi) is 34.2. The normalized spacial score (nSPS) is 6.77. The van der Waals surface area contributed by atoms with E-state index in [4.69, 9.17) is 4.74 Å². The quantitative estimate of drug-likeness (QED) is 0.232. The zero-order chi connectivity index (χ0) is 10.5. The largest absolute Gasteiger partial charge is 3.00 e. The van der Waals surface area contributed by atoms with Crippen LogP contribution in [0.4, 0.5) is 0 Å². The first-order valence-electron chi connectivity index (χ1n) is 4.72. The summed E-state index contributed by atoms with van der Waals surface area (Å²) < 4.78 is 7.99. The van der Waals surface area contributed by atoms with E-state index < -0.39 is 0 Å². The molecule has 2 rings (SSSR count). The molecule has 126 valence electrons. The molecule has 0 aliphatic carbocycles. The third-order valence-corrected chi connectivity index (χ3v) is 4.68. The molecule has 0 heterocycles. The maximum absolute atomic E-state index is 5.13. The van der Waals surface area contributed by atoms with Crippen molar-refractivity contribution in [3.05, 3.63) is 61.7 Å². The van der Waals surface area contributed by atoms with Gasteiger partial charge in [-0.15, -0.1) is 0 Å². The number of hydrogen-bond acceptors (Lipinski definition) is 1. The van der Waals surface area contributed by atoms with Crippen LogP contribution in [0.5, 0.6) is 5.75 Å². The van der Waals surface area contributed by atoms with Gasteiger partial charge < -0.3 is 33.0 Å². The van der Waals surface area contributed by atoms with Crippen molar-refractivity contribution in [1.82, 2.24) is 0 Å². The van der Waals surface area contributed by atoms with Crippen LogP contribution in [0.1, 0.15) is 0 Å². The van der Waals surface area contributed by atoms with Crippen molar-refractivity contribution < 1.29 is 54.2 Å². The smallest absolute Gasteiger partial charge is 1.00 e. The number of halogens is 7. The minimum absolute atomic E-state index is 0. The summed E-state index contributed by atoms with van der Waals surface area (Å²) in [7, 11) is 1.70. The van der Waals surface area contributed by atoms with E-state index in [1.807, 2.05) is 12.1 Å². The zero-order valence-electron chi connectivity index (χ0n) is 11.2. The first-order valence-corrected chi connectivity index (χ1v) is 6.88. The van der Waals surface area contributed by atoms with E-state index in [1.165, 1.54) is 7.14 Å². The minimum atomic E-state index is -0.0449. The van der Waals surface area contributed by atoms with Crippen LogP contribution >= 0.6 is 0 Å². The molecule has 0 aliphatic heterocycles. The van der Waals surface area contributed by atoms with Gasteiger partial charge in [-0.1, -0.05) is 18.2 Å². The summed E-state index contributed by atoms with van der Waals surface area (Å²) in [6.45, 7) is 0. The number of rotatable bonds is 3. The zero-order valence-corrected chi connectivity index (χ0v) is 15.2. The third-order valence-electron chi connectivity index (χ3n) is 2.00. The second kappa shape index (κ2) is 20.1. The molecule has 0 spiro atoms. The van der Waals surface area contributed by atoms with Crippen molar-refractivity contribution in [2.45, 2.75) is 0 Å². The van der Waals surface area contributed by atoms with E-state index in [-0.39, 0.29) is 67.4 Å². The summed E-state index contributed by atoms with van der Waals surface area (Å²) >= 11 is -0.0449. The topological polar surface area (TPSA) is 9.23 Å². The SMILES string of the molecule is COc1ccc([I+]c2ccccc2)cc1.[As+3].[F-].[F-].[F-].[F-].[F-].[F-].